The fraction of sp³-hybridized carbons (Fsp3) is 0. The number of anilines is 1. The summed E-state index contributed by atoms with van der Waals surface area (Å²) in [5.74, 6) is 0.239. The van der Waals surface area contributed by atoms with Crippen LogP contribution in [0.5, 0.6) is 0 Å². The molecule has 0 saturated heterocycles. The second kappa shape index (κ2) is 2.73. The monoisotopic (exact) mass is 219 g/mol. The molecule has 62 valence electrons. The van der Waals surface area contributed by atoms with Gasteiger partial charge >= 0.3 is 0 Å². The van der Waals surface area contributed by atoms with Crippen molar-refractivity contribution in [3.63, 3.8) is 0 Å². The summed E-state index contributed by atoms with van der Waals surface area (Å²) in [6.45, 7) is 0. The standard InChI is InChI=1S/C6H3Cl2N3S/c7-3-1-2-6(12-3)11-5(9)4(8)10-2/h1H,(H2,9,11). The molecule has 6 heteroatoms. The number of nitrogens with two attached hydrogens (primary N) is 1. The highest BCUT2D eigenvalue weighted by Gasteiger charge is 2.06. The number of hydrogen-bond donors (Lipinski definition) is 1. The lowest BCUT2D eigenvalue weighted by Crippen LogP contribution is -1.92. The molecule has 0 spiro atoms. The Kier molecular flexibility index (Phi) is 1.83. The molecular weight excluding hydrogens is 217 g/mol. The number of halogens is 2. The maximum Gasteiger partial charge on any atom is 0.171 e. The predicted molar refractivity (Wildman–Crippen MR) is 51.8 cm³/mol. The molecule has 0 unspecified atom stereocenters. The molecule has 0 aliphatic carbocycles. The Morgan fingerprint density at radius 3 is 2.83 bits per heavy atom. The van der Waals surface area contributed by atoms with Crippen molar-refractivity contribution in [2.24, 2.45) is 0 Å². The average molecular weight is 220 g/mol. The highest BCUT2D eigenvalue weighted by molar-refractivity contribution is 7.22. The minimum Gasteiger partial charge on any atom is -0.381 e. The van der Waals surface area contributed by atoms with Gasteiger partial charge in [-0.2, -0.15) is 0 Å². The van der Waals surface area contributed by atoms with Crippen LogP contribution in [0.25, 0.3) is 10.3 Å². The lowest BCUT2D eigenvalue weighted by Gasteiger charge is -1.93. The number of thiophene rings is 1. The Morgan fingerprint density at radius 2 is 2.08 bits per heavy atom. The fourth-order valence-corrected chi connectivity index (χ4v) is 1.99. The van der Waals surface area contributed by atoms with Crippen LogP contribution in [0, 0.1) is 0 Å². The number of hydrogen-bond acceptors (Lipinski definition) is 4. The summed E-state index contributed by atoms with van der Waals surface area (Å²) in [7, 11) is 0. The molecule has 2 aromatic rings. The fourth-order valence-electron chi connectivity index (χ4n) is 0.822. The topological polar surface area (TPSA) is 51.8 Å². The smallest absolute Gasteiger partial charge is 0.171 e. The lowest BCUT2D eigenvalue weighted by molar-refractivity contribution is 1.32. The summed E-state index contributed by atoms with van der Waals surface area (Å²) in [5.41, 5.74) is 6.14. The van der Waals surface area contributed by atoms with E-state index in [9.17, 15) is 0 Å². The summed E-state index contributed by atoms with van der Waals surface area (Å²) in [4.78, 5) is 8.72. The summed E-state index contributed by atoms with van der Waals surface area (Å²) in [5, 5.41) is 0.219. The SMILES string of the molecule is Nc1nc2sc(Cl)cc2nc1Cl. The third kappa shape index (κ3) is 1.22. The van der Waals surface area contributed by atoms with E-state index >= 15 is 0 Å². The van der Waals surface area contributed by atoms with Crippen molar-refractivity contribution in [2.45, 2.75) is 0 Å². The highest BCUT2D eigenvalue weighted by atomic mass is 35.5. The van der Waals surface area contributed by atoms with Gasteiger partial charge in [0, 0.05) is 0 Å². The first-order valence-corrected chi connectivity index (χ1v) is 4.62. The first-order chi connectivity index (χ1) is 5.66. The maximum absolute atomic E-state index is 5.74. The molecule has 2 aromatic heterocycles. The Hall–Kier alpha value is -0.580. The number of nitrogens with zero attached hydrogens (tertiary/aromatic N) is 2. The van der Waals surface area contributed by atoms with Crippen LogP contribution >= 0.6 is 34.5 Å². The predicted octanol–water partition coefficient (Wildman–Crippen LogP) is 2.58. The zero-order valence-corrected chi connectivity index (χ0v) is 8.04. The van der Waals surface area contributed by atoms with Crippen molar-refractivity contribution in [3.05, 3.63) is 15.6 Å². The minimum absolute atomic E-state index is 0.219. The van der Waals surface area contributed by atoms with Gasteiger partial charge < -0.3 is 5.73 Å². The first-order valence-electron chi connectivity index (χ1n) is 3.05. The van der Waals surface area contributed by atoms with Crippen molar-refractivity contribution in [2.75, 3.05) is 5.73 Å². The van der Waals surface area contributed by atoms with E-state index in [0.29, 0.717) is 14.7 Å². The zero-order valence-electron chi connectivity index (χ0n) is 5.71. The van der Waals surface area contributed by atoms with Crippen molar-refractivity contribution in [1.29, 1.82) is 0 Å². The molecule has 2 N–H and O–H groups in total. The molecular formula is C6H3Cl2N3S. The van der Waals surface area contributed by atoms with E-state index in [4.69, 9.17) is 28.9 Å². The van der Waals surface area contributed by atoms with Crippen molar-refractivity contribution < 1.29 is 0 Å². The normalized spacial score (nSPS) is 10.8. The summed E-state index contributed by atoms with van der Waals surface area (Å²) in [6, 6.07) is 1.71. The maximum atomic E-state index is 5.74. The van der Waals surface area contributed by atoms with Gasteiger partial charge in [0.25, 0.3) is 0 Å². The van der Waals surface area contributed by atoms with Crippen LogP contribution in [-0.4, -0.2) is 9.97 Å². The number of nitrogen functional groups attached to an aromatic ring is 1. The summed E-state index contributed by atoms with van der Waals surface area (Å²) in [6.07, 6.45) is 0. The Balaban J connectivity index is 2.83. The van der Waals surface area contributed by atoms with Crippen LogP contribution in [0.1, 0.15) is 0 Å². The van der Waals surface area contributed by atoms with Crippen LogP contribution in [0.15, 0.2) is 6.07 Å². The highest BCUT2D eigenvalue weighted by Crippen LogP contribution is 2.28. The molecule has 2 rings (SSSR count). The van der Waals surface area contributed by atoms with Crippen LogP contribution in [0.4, 0.5) is 5.82 Å². The molecule has 0 atom stereocenters. The molecule has 0 aromatic carbocycles. The number of fused-ring (bicyclic) bond motifs is 1. The van der Waals surface area contributed by atoms with E-state index in [1.807, 2.05) is 0 Å². The molecule has 12 heavy (non-hydrogen) atoms. The molecule has 0 radical (unpaired) electrons. The average Bonchev–Trinajstić information content (AvgIpc) is 2.30. The van der Waals surface area contributed by atoms with Gasteiger partial charge in [-0.25, -0.2) is 9.97 Å². The molecule has 0 bridgehead atoms. The van der Waals surface area contributed by atoms with Crippen LogP contribution in [0.2, 0.25) is 9.49 Å². The first kappa shape index (κ1) is 8.04. The second-order valence-corrected chi connectivity index (χ2v) is 4.16. The zero-order chi connectivity index (χ0) is 8.72. The second-order valence-electron chi connectivity index (χ2n) is 2.14. The van der Waals surface area contributed by atoms with Gasteiger partial charge in [0.1, 0.15) is 10.3 Å². The molecule has 0 saturated carbocycles. The van der Waals surface area contributed by atoms with Crippen molar-refractivity contribution in [1.82, 2.24) is 9.97 Å². The van der Waals surface area contributed by atoms with Crippen LogP contribution in [0.3, 0.4) is 0 Å². The van der Waals surface area contributed by atoms with Crippen molar-refractivity contribution >= 4 is 50.7 Å². The van der Waals surface area contributed by atoms with E-state index in [1.54, 1.807) is 6.07 Å². The van der Waals surface area contributed by atoms with E-state index < -0.39 is 0 Å². The van der Waals surface area contributed by atoms with E-state index in [-0.39, 0.29) is 11.0 Å². The Bertz CT molecular complexity index is 401. The largest absolute Gasteiger partial charge is 0.381 e. The van der Waals surface area contributed by atoms with E-state index in [0.717, 1.165) is 0 Å². The lowest BCUT2D eigenvalue weighted by atomic mass is 10.5. The minimum atomic E-state index is 0.219. The number of aromatic nitrogens is 2. The van der Waals surface area contributed by atoms with Gasteiger partial charge in [-0.1, -0.05) is 23.2 Å². The molecule has 0 amide bonds. The third-order valence-electron chi connectivity index (χ3n) is 1.32. The van der Waals surface area contributed by atoms with E-state index in [1.165, 1.54) is 11.3 Å². The van der Waals surface area contributed by atoms with Gasteiger partial charge in [-0.3, -0.25) is 0 Å². The van der Waals surface area contributed by atoms with Gasteiger partial charge in [-0.15, -0.1) is 11.3 Å². The molecule has 0 aliphatic rings. The van der Waals surface area contributed by atoms with Crippen LogP contribution in [-0.2, 0) is 0 Å². The van der Waals surface area contributed by atoms with Gasteiger partial charge in [-0.05, 0) is 6.07 Å². The molecule has 2 heterocycles. The van der Waals surface area contributed by atoms with Crippen LogP contribution < -0.4 is 5.73 Å². The van der Waals surface area contributed by atoms with Gasteiger partial charge in [0.15, 0.2) is 11.0 Å². The molecule has 3 nitrogen and oxygen atoms in total. The number of rotatable bonds is 0. The van der Waals surface area contributed by atoms with Crippen molar-refractivity contribution in [3.8, 4) is 0 Å². The molecule has 0 aliphatic heterocycles. The summed E-state index contributed by atoms with van der Waals surface area (Å²) >= 11 is 12.7. The molecule has 0 fully saturated rings. The quantitative estimate of drug-likeness (QED) is 0.742. The van der Waals surface area contributed by atoms with E-state index in [2.05, 4.69) is 9.97 Å². The third-order valence-corrected chi connectivity index (χ3v) is 2.74. The summed E-state index contributed by atoms with van der Waals surface area (Å²) < 4.78 is 0.631. The Morgan fingerprint density at radius 1 is 1.33 bits per heavy atom. The van der Waals surface area contributed by atoms with Gasteiger partial charge in [0.05, 0.1) is 4.34 Å². The Labute approximate surface area is 82.1 Å². The van der Waals surface area contributed by atoms with Gasteiger partial charge in [0.2, 0.25) is 0 Å².